The Hall–Kier alpha value is -4.27. The first-order valence-corrected chi connectivity index (χ1v) is 10.1. The van der Waals surface area contributed by atoms with Crippen LogP contribution in [-0.2, 0) is 7.05 Å². The molecule has 4 aromatic heterocycles. The van der Waals surface area contributed by atoms with Gasteiger partial charge in [0.05, 0.1) is 23.0 Å². The van der Waals surface area contributed by atoms with Gasteiger partial charge in [0.1, 0.15) is 5.82 Å². The van der Waals surface area contributed by atoms with Crippen LogP contribution >= 0.6 is 0 Å². The van der Waals surface area contributed by atoms with E-state index in [0.29, 0.717) is 28.5 Å². The van der Waals surface area contributed by atoms with Crippen molar-refractivity contribution in [3.8, 4) is 22.6 Å². The number of rotatable bonds is 4. The maximum atomic E-state index is 13.1. The Morgan fingerprint density at radius 3 is 2.56 bits per heavy atom. The third-order valence-corrected chi connectivity index (χ3v) is 5.44. The van der Waals surface area contributed by atoms with Gasteiger partial charge in [0.15, 0.2) is 0 Å². The number of benzene rings is 1. The van der Waals surface area contributed by atoms with Crippen LogP contribution in [0.4, 0.5) is 5.69 Å². The fourth-order valence-corrected chi connectivity index (χ4v) is 3.51. The highest BCUT2D eigenvalue weighted by atomic mass is 16.5. The lowest BCUT2D eigenvalue weighted by atomic mass is 10.1. The van der Waals surface area contributed by atoms with Crippen LogP contribution in [0.25, 0.3) is 28.2 Å². The van der Waals surface area contributed by atoms with Gasteiger partial charge in [-0.1, -0.05) is 17.3 Å². The molecule has 32 heavy (non-hydrogen) atoms. The van der Waals surface area contributed by atoms with Gasteiger partial charge in [0, 0.05) is 43.2 Å². The summed E-state index contributed by atoms with van der Waals surface area (Å²) in [7, 11) is 1.96. The minimum Gasteiger partial charge on any atom is -0.339 e. The Morgan fingerprint density at radius 2 is 1.84 bits per heavy atom. The summed E-state index contributed by atoms with van der Waals surface area (Å²) in [6.07, 6.45) is 5.41. The minimum atomic E-state index is -0.244. The molecule has 0 atom stereocenters. The van der Waals surface area contributed by atoms with E-state index in [0.717, 1.165) is 28.2 Å². The lowest BCUT2D eigenvalue weighted by Crippen LogP contribution is -2.12. The molecule has 1 amide bonds. The summed E-state index contributed by atoms with van der Waals surface area (Å²) in [5.74, 6) is 1.64. The summed E-state index contributed by atoms with van der Waals surface area (Å²) in [6, 6.07) is 9.47. The number of aromatic nitrogens is 6. The number of carbonyl (C=O) groups is 1. The normalized spacial score (nSPS) is 11.2. The molecule has 0 saturated heterocycles. The lowest BCUT2D eigenvalue weighted by Gasteiger charge is -2.09. The molecule has 160 valence electrons. The average molecular weight is 427 g/mol. The number of nitrogens with zero attached hydrogens (tertiary/aromatic N) is 6. The summed E-state index contributed by atoms with van der Waals surface area (Å²) in [6.45, 7) is 5.62. The molecule has 0 fully saturated rings. The largest absolute Gasteiger partial charge is 0.339 e. The van der Waals surface area contributed by atoms with Gasteiger partial charge in [-0.2, -0.15) is 10.1 Å². The molecule has 1 N–H and O–H groups in total. The van der Waals surface area contributed by atoms with E-state index in [9.17, 15) is 4.79 Å². The van der Waals surface area contributed by atoms with Gasteiger partial charge in [0.2, 0.25) is 11.7 Å². The standard InChI is InChI=1S/C23H21N7O2/c1-13-5-6-16(22-26-15(3)32-28-22)9-19(13)27-23(31)18-10-24-30-11-17(7-8-21(18)30)20-12-29(4)14(2)25-20/h5-12H,1-4H3,(H,27,31). The second kappa shape index (κ2) is 7.45. The molecule has 0 saturated carbocycles. The second-order valence-corrected chi connectivity index (χ2v) is 7.71. The molecule has 4 heterocycles. The van der Waals surface area contributed by atoms with E-state index >= 15 is 0 Å². The number of anilines is 1. The predicted molar refractivity (Wildman–Crippen MR) is 119 cm³/mol. The van der Waals surface area contributed by atoms with Crippen LogP contribution in [0.15, 0.2) is 53.4 Å². The van der Waals surface area contributed by atoms with Crippen LogP contribution in [0.2, 0.25) is 0 Å². The zero-order chi connectivity index (χ0) is 22.4. The number of hydrogen-bond acceptors (Lipinski definition) is 6. The molecule has 9 nitrogen and oxygen atoms in total. The first-order chi connectivity index (χ1) is 15.4. The molecule has 9 heteroatoms. The van der Waals surface area contributed by atoms with E-state index < -0.39 is 0 Å². The summed E-state index contributed by atoms with van der Waals surface area (Å²) in [4.78, 5) is 21.9. The van der Waals surface area contributed by atoms with Gasteiger partial charge in [-0.25, -0.2) is 9.50 Å². The molecule has 1 aromatic carbocycles. The predicted octanol–water partition coefficient (Wildman–Crippen LogP) is 3.96. The van der Waals surface area contributed by atoms with Gasteiger partial charge < -0.3 is 14.4 Å². The SMILES string of the molecule is Cc1nc(-c2ccc(C)c(NC(=O)c3cnn4cc(-c5cn(C)c(C)n5)ccc34)c2)no1. The zero-order valence-corrected chi connectivity index (χ0v) is 18.1. The summed E-state index contributed by atoms with van der Waals surface area (Å²) in [5, 5.41) is 11.3. The molecule has 5 aromatic rings. The molecule has 0 spiro atoms. The summed E-state index contributed by atoms with van der Waals surface area (Å²) >= 11 is 0. The van der Waals surface area contributed by atoms with Crippen LogP contribution < -0.4 is 5.32 Å². The van der Waals surface area contributed by atoms with E-state index in [-0.39, 0.29) is 5.91 Å². The molecular weight excluding hydrogens is 406 g/mol. The van der Waals surface area contributed by atoms with Crippen molar-refractivity contribution in [1.82, 2.24) is 29.3 Å². The summed E-state index contributed by atoms with van der Waals surface area (Å²) in [5.41, 5.74) is 5.34. The Kier molecular flexibility index (Phi) is 4.58. The molecule has 0 aliphatic rings. The van der Waals surface area contributed by atoms with Gasteiger partial charge in [0.25, 0.3) is 5.91 Å². The Labute approximate surface area is 183 Å². The van der Waals surface area contributed by atoms with E-state index in [1.54, 1.807) is 17.6 Å². The van der Waals surface area contributed by atoms with Crippen molar-refractivity contribution in [2.75, 3.05) is 5.32 Å². The molecule has 0 aliphatic heterocycles. The smallest absolute Gasteiger partial charge is 0.259 e. The number of hydrogen-bond donors (Lipinski definition) is 1. The van der Waals surface area contributed by atoms with E-state index in [4.69, 9.17) is 4.52 Å². The lowest BCUT2D eigenvalue weighted by molar-refractivity contribution is 0.102. The fourth-order valence-electron chi connectivity index (χ4n) is 3.51. The highest BCUT2D eigenvalue weighted by molar-refractivity contribution is 6.09. The second-order valence-electron chi connectivity index (χ2n) is 7.71. The first-order valence-electron chi connectivity index (χ1n) is 10.1. The van der Waals surface area contributed by atoms with Crippen molar-refractivity contribution in [3.05, 3.63) is 71.8 Å². The molecule has 0 aliphatic carbocycles. The number of amides is 1. The summed E-state index contributed by atoms with van der Waals surface area (Å²) < 4.78 is 8.72. The molecular formula is C23H21N7O2. The highest BCUT2D eigenvalue weighted by Crippen LogP contribution is 2.25. The van der Waals surface area contributed by atoms with Crippen LogP contribution in [0, 0.1) is 20.8 Å². The van der Waals surface area contributed by atoms with Crippen LogP contribution in [0.3, 0.4) is 0 Å². The Morgan fingerprint density at radius 1 is 1.03 bits per heavy atom. The minimum absolute atomic E-state index is 0.244. The topological polar surface area (TPSA) is 103 Å². The van der Waals surface area contributed by atoms with Crippen molar-refractivity contribution in [2.45, 2.75) is 20.8 Å². The van der Waals surface area contributed by atoms with Gasteiger partial charge in [-0.3, -0.25) is 4.79 Å². The number of aryl methyl sites for hydroxylation is 4. The molecule has 5 rings (SSSR count). The monoisotopic (exact) mass is 427 g/mol. The maximum absolute atomic E-state index is 13.1. The van der Waals surface area contributed by atoms with Crippen molar-refractivity contribution in [1.29, 1.82) is 0 Å². The van der Waals surface area contributed by atoms with E-state index in [2.05, 4.69) is 25.5 Å². The van der Waals surface area contributed by atoms with Gasteiger partial charge in [-0.15, -0.1) is 0 Å². The van der Waals surface area contributed by atoms with E-state index in [1.807, 2.05) is 68.2 Å². The first kappa shape index (κ1) is 19.7. The Balaban J connectivity index is 1.44. The van der Waals surface area contributed by atoms with Gasteiger partial charge >= 0.3 is 0 Å². The number of fused-ring (bicyclic) bond motifs is 1. The average Bonchev–Trinajstić information content (AvgIpc) is 3.48. The fraction of sp³-hybridized carbons (Fsp3) is 0.174. The number of carbonyl (C=O) groups excluding carboxylic acids is 1. The van der Waals surface area contributed by atoms with Crippen LogP contribution in [0.5, 0.6) is 0 Å². The molecule has 0 bridgehead atoms. The quantitative estimate of drug-likeness (QED) is 0.466. The zero-order valence-electron chi connectivity index (χ0n) is 18.1. The molecule has 0 unspecified atom stereocenters. The van der Waals surface area contributed by atoms with Crippen molar-refractivity contribution in [3.63, 3.8) is 0 Å². The number of nitrogens with one attached hydrogen (secondary N) is 1. The third kappa shape index (κ3) is 3.43. The third-order valence-electron chi connectivity index (χ3n) is 5.44. The number of imidazole rings is 1. The maximum Gasteiger partial charge on any atom is 0.259 e. The van der Waals surface area contributed by atoms with Gasteiger partial charge in [-0.05, 0) is 37.6 Å². The Bertz CT molecular complexity index is 1460. The number of pyridine rings is 1. The van der Waals surface area contributed by atoms with Crippen molar-refractivity contribution in [2.24, 2.45) is 7.05 Å². The van der Waals surface area contributed by atoms with Crippen LogP contribution in [0.1, 0.15) is 27.6 Å². The van der Waals surface area contributed by atoms with Crippen molar-refractivity contribution < 1.29 is 9.32 Å². The van der Waals surface area contributed by atoms with Crippen LogP contribution in [-0.4, -0.2) is 35.2 Å². The van der Waals surface area contributed by atoms with E-state index in [1.165, 1.54) is 0 Å². The van der Waals surface area contributed by atoms with Crippen molar-refractivity contribution >= 4 is 17.1 Å². The highest BCUT2D eigenvalue weighted by Gasteiger charge is 2.16. The molecule has 0 radical (unpaired) electrons.